The van der Waals surface area contributed by atoms with Gasteiger partial charge < -0.3 is 20.7 Å². The smallest absolute Gasteiger partial charge is 0.413 e. The quantitative estimate of drug-likeness (QED) is 0.769. The molecular weight excluding hydrogens is 291 g/mol. The Labute approximate surface area is 118 Å². The summed E-state index contributed by atoms with van der Waals surface area (Å²) in [5, 5.41) is 9.49. The first-order chi connectivity index (χ1) is 9.48. The van der Waals surface area contributed by atoms with Gasteiger partial charge in [-0.2, -0.15) is 13.2 Å². The number of likely N-dealkylation sites (N-methyl/N-ethyl adjacent to an activating group) is 1. The van der Waals surface area contributed by atoms with Crippen LogP contribution in [0, 0.1) is 6.92 Å². The summed E-state index contributed by atoms with van der Waals surface area (Å²) < 4.78 is 39.7. The molecule has 0 aromatic carbocycles. The van der Waals surface area contributed by atoms with E-state index in [4.69, 9.17) is 5.73 Å². The first-order valence-electron chi connectivity index (χ1n) is 5.98. The molecule has 118 valence electrons. The third kappa shape index (κ3) is 3.35. The van der Waals surface area contributed by atoms with Gasteiger partial charge in [-0.1, -0.05) is 0 Å². The Kier molecular flexibility index (Phi) is 4.67. The number of hydrogen-bond donors (Lipinski definition) is 3. The summed E-state index contributed by atoms with van der Waals surface area (Å²) in [6, 6.07) is -3.65. The lowest BCUT2D eigenvalue weighted by Crippen LogP contribution is -2.47. The highest BCUT2D eigenvalue weighted by atomic mass is 19.4. The molecule has 6 nitrogen and oxygen atoms in total. The van der Waals surface area contributed by atoms with Crippen LogP contribution in [0.25, 0.3) is 0 Å². The molecule has 0 spiro atoms. The van der Waals surface area contributed by atoms with Crippen molar-refractivity contribution >= 4 is 5.91 Å². The Morgan fingerprint density at radius 2 is 2.00 bits per heavy atom. The van der Waals surface area contributed by atoms with Crippen molar-refractivity contribution in [1.29, 1.82) is 0 Å². The van der Waals surface area contributed by atoms with Crippen LogP contribution in [0.5, 0.6) is 5.75 Å². The van der Waals surface area contributed by atoms with E-state index in [0.29, 0.717) is 4.90 Å². The molecule has 0 saturated carbocycles. The van der Waals surface area contributed by atoms with E-state index in [1.165, 1.54) is 13.8 Å². The first kappa shape index (κ1) is 17.0. The van der Waals surface area contributed by atoms with Crippen molar-refractivity contribution < 1.29 is 23.1 Å². The number of aromatic amines is 1. The van der Waals surface area contributed by atoms with Crippen molar-refractivity contribution in [3.63, 3.8) is 0 Å². The van der Waals surface area contributed by atoms with Crippen LogP contribution in [0.3, 0.4) is 0 Å². The van der Waals surface area contributed by atoms with E-state index in [2.05, 4.69) is 4.98 Å². The molecule has 0 aliphatic rings. The van der Waals surface area contributed by atoms with E-state index in [9.17, 15) is 27.9 Å². The molecule has 4 N–H and O–H groups in total. The molecule has 0 radical (unpaired) electrons. The number of carbonyl (C=O) groups is 1. The van der Waals surface area contributed by atoms with E-state index < -0.39 is 40.9 Å². The Balaban J connectivity index is 3.45. The van der Waals surface area contributed by atoms with Gasteiger partial charge in [0.2, 0.25) is 11.3 Å². The van der Waals surface area contributed by atoms with Gasteiger partial charge >= 0.3 is 6.18 Å². The Bertz CT molecular complexity index is 596. The lowest BCUT2D eigenvalue weighted by atomic mass is 10.0. The molecule has 1 aromatic heterocycles. The van der Waals surface area contributed by atoms with Crippen molar-refractivity contribution in [2.75, 3.05) is 7.05 Å². The molecule has 0 saturated heterocycles. The molecule has 2 atom stereocenters. The average Bonchev–Trinajstić information content (AvgIpc) is 2.36. The number of amides is 1. The van der Waals surface area contributed by atoms with Gasteiger partial charge in [0.05, 0.1) is 17.3 Å². The van der Waals surface area contributed by atoms with E-state index in [0.717, 1.165) is 13.2 Å². The minimum Gasteiger partial charge on any atom is -0.503 e. The molecule has 0 unspecified atom stereocenters. The number of alkyl halides is 3. The molecule has 1 heterocycles. The van der Waals surface area contributed by atoms with E-state index >= 15 is 0 Å². The van der Waals surface area contributed by atoms with Gasteiger partial charge in [-0.25, -0.2) is 0 Å². The molecule has 9 heteroatoms. The van der Waals surface area contributed by atoms with Crippen LogP contribution >= 0.6 is 0 Å². The number of aromatic nitrogens is 1. The molecule has 1 amide bonds. The minimum atomic E-state index is -4.89. The maximum atomic E-state index is 13.2. The normalized spacial score (nSPS) is 14.6. The summed E-state index contributed by atoms with van der Waals surface area (Å²) in [5.41, 5.74) is 3.37. The molecule has 1 rings (SSSR count). The zero-order valence-corrected chi connectivity index (χ0v) is 11.7. The maximum absolute atomic E-state index is 13.2. The van der Waals surface area contributed by atoms with Gasteiger partial charge in [0, 0.05) is 13.2 Å². The van der Waals surface area contributed by atoms with Gasteiger partial charge in [-0.3, -0.25) is 9.59 Å². The van der Waals surface area contributed by atoms with Crippen LogP contribution in [-0.2, 0) is 4.79 Å². The highest BCUT2D eigenvalue weighted by Gasteiger charge is 2.47. The second-order valence-corrected chi connectivity index (χ2v) is 4.73. The summed E-state index contributed by atoms with van der Waals surface area (Å²) in [4.78, 5) is 26.2. The fourth-order valence-corrected chi connectivity index (χ4v) is 1.88. The van der Waals surface area contributed by atoms with Crippen molar-refractivity contribution in [2.45, 2.75) is 32.1 Å². The second kappa shape index (κ2) is 5.76. The predicted molar refractivity (Wildman–Crippen MR) is 68.7 cm³/mol. The second-order valence-electron chi connectivity index (χ2n) is 4.73. The summed E-state index contributed by atoms with van der Waals surface area (Å²) in [5.74, 6) is -1.79. The fourth-order valence-electron chi connectivity index (χ4n) is 1.88. The summed E-state index contributed by atoms with van der Waals surface area (Å²) in [6.45, 7) is 2.57. The van der Waals surface area contributed by atoms with Gasteiger partial charge in [0.25, 0.3) is 0 Å². The highest BCUT2D eigenvalue weighted by Crippen LogP contribution is 2.36. The van der Waals surface area contributed by atoms with Crippen molar-refractivity contribution in [3.05, 3.63) is 27.7 Å². The minimum absolute atomic E-state index is 0.0332. The van der Waals surface area contributed by atoms with Gasteiger partial charge in [0.15, 0.2) is 11.8 Å². The number of aryl methyl sites for hydroxylation is 1. The number of hydrogen-bond acceptors (Lipinski definition) is 4. The maximum Gasteiger partial charge on any atom is 0.413 e. The zero-order chi connectivity index (χ0) is 16.5. The summed E-state index contributed by atoms with van der Waals surface area (Å²) in [7, 11) is 0.903. The van der Waals surface area contributed by atoms with Gasteiger partial charge in [-0.05, 0) is 13.8 Å². The van der Waals surface area contributed by atoms with Crippen LogP contribution in [-0.4, -0.2) is 40.2 Å². The van der Waals surface area contributed by atoms with E-state index in [-0.39, 0.29) is 5.69 Å². The largest absolute Gasteiger partial charge is 0.503 e. The van der Waals surface area contributed by atoms with Crippen LogP contribution in [0.2, 0.25) is 0 Å². The Morgan fingerprint density at radius 3 is 2.43 bits per heavy atom. The SMILES string of the molecule is Cc1[nH]cc([C@@H](N(C)C(=O)[C@H](C)N)C(F)(F)F)c(=O)c1O. The number of H-pyrrole nitrogens is 1. The van der Waals surface area contributed by atoms with E-state index in [1.54, 1.807) is 0 Å². The number of aromatic hydroxyl groups is 1. The Hall–Kier alpha value is -2.03. The van der Waals surface area contributed by atoms with Crippen molar-refractivity contribution in [1.82, 2.24) is 9.88 Å². The molecule has 21 heavy (non-hydrogen) atoms. The fraction of sp³-hybridized carbons (Fsp3) is 0.500. The van der Waals surface area contributed by atoms with Gasteiger partial charge in [0.1, 0.15) is 0 Å². The topological polar surface area (TPSA) is 99.4 Å². The monoisotopic (exact) mass is 307 g/mol. The molecule has 0 aliphatic carbocycles. The van der Waals surface area contributed by atoms with Crippen LogP contribution in [0.15, 0.2) is 11.0 Å². The predicted octanol–water partition coefficient (Wildman–Crippen LogP) is 0.798. The average molecular weight is 307 g/mol. The highest BCUT2D eigenvalue weighted by molar-refractivity contribution is 5.81. The third-order valence-corrected chi connectivity index (χ3v) is 3.01. The molecular formula is C12H16F3N3O3. The van der Waals surface area contributed by atoms with Crippen LogP contribution in [0.1, 0.15) is 24.2 Å². The first-order valence-corrected chi connectivity index (χ1v) is 5.98. The Morgan fingerprint density at radius 1 is 1.48 bits per heavy atom. The number of carbonyl (C=O) groups excluding carboxylic acids is 1. The van der Waals surface area contributed by atoms with Gasteiger partial charge in [-0.15, -0.1) is 0 Å². The molecule has 0 fully saturated rings. The van der Waals surface area contributed by atoms with Crippen LogP contribution in [0.4, 0.5) is 13.2 Å². The number of halogens is 3. The number of nitrogens with zero attached hydrogens (tertiary/aromatic N) is 1. The summed E-state index contributed by atoms with van der Waals surface area (Å²) >= 11 is 0. The number of nitrogens with two attached hydrogens (primary N) is 1. The standard InChI is InChI=1S/C12H16F3N3O3/c1-5(16)11(21)18(3)10(12(13,14)15)7-4-17-6(2)8(19)9(7)20/h4-5,10,19H,16H2,1-3H3,(H,17,20)/t5-,10+/m0/s1. The molecule has 0 bridgehead atoms. The lowest BCUT2D eigenvalue weighted by Gasteiger charge is -2.31. The molecule has 0 aliphatic heterocycles. The van der Waals surface area contributed by atoms with Crippen molar-refractivity contribution in [3.8, 4) is 5.75 Å². The number of pyridine rings is 1. The van der Waals surface area contributed by atoms with E-state index in [1.807, 2.05) is 0 Å². The number of nitrogens with one attached hydrogen (secondary N) is 1. The lowest BCUT2D eigenvalue weighted by molar-refractivity contribution is -0.189. The zero-order valence-electron chi connectivity index (χ0n) is 11.7. The molecule has 1 aromatic rings. The van der Waals surface area contributed by atoms with Crippen molar-refractivity contribution in [2.24, 2.45) is 5.73 Å². The number of rotatable bonds is 3. The summed E-state index contributed by atoms with van der Waals surface area (Å²) in [6.07, 6.45) is -4.06. The third-order valence-electron chi connectivity index (χ3n) is 3.01. The van der Waals surface area contributed by atoms with Crippen LogP contribution < -0.4 is 11.2 Å².